The Hall–Kier alpha value is -1.83. The number of imidazole rings is 1. The monoisotopic (exact) mass is 544 g/mol. The number of aryl methyl sites for hydroxylation is 1. The predicted octanol–water partition coefficient (Wildman–Crippen LogP) is 3.04. The van der Waals surface area contributed by atoms with E-state index in [-0.39, 0.29) is 43.0 Å². The minimum absolute atomic E-state index is 0. The number of alkyl halides is 3. The number of aromatic nitrogens is 3. The molecule has 0 spiro atoms. The van der Waals surface area contributed by atoms with Crippen molar-refractivity contribution in [2.75, 3.05) is 13.1 Å². The number of hydrogen-bond donors (Lipinski definition) is 3. The van der Waals surface area contributed by atoms with Crippen LogP contribution in [-0.2, 0) is 19.2 Å². The smallest absolute Gasteiger partial charge is 0.374 e. The quantitative estimate of drug-likeness (QED) is 0.269. The molecule has 30 heavy (non-hydrogen) atoms. The zero-order valence-corrected chi connectivity index (χ0v) is 19.7. The van der Waals surface area contributed by atoms with E-state index in [9.17, 15) is 18.3 Å². The van der Waals surface area contributed by atoms with Gasteiger partial charge in [0.2, 0.25) is 5.60 Å². The Morgan fingerprint density at radius 3 is 2.53 bits per heavy atom. The molecule has 0 saturated heterocycles. The first kappa shape index (κ1) is 26.2. The summed E-state index contributed by atoms with van der Waals surface area (Å²) >= 11 is 0. The highest BCUT2D eigenvalue weighted by Crippen LogP contribution is 2.40. The van der Waals surface area contributed by atoms with Crippen molar-refractivity contribution in [3.05, 3.63) is 35.7 Å². The first-order valence-corrected chi connectivity index (χ1v) is 9.33. The molecule has 0 aliphatic rings. The van der Waals surface area contributed by atoms with Crippen LogP contribution in [0.25, 0.3) is 0 Å². The molecule has 0 saturated carbocycles. The molecule has 1 atom stereocenters. The summed E-state index contributed by atoms with van der Waals surface area (Å²) in [5.74, 6) is 0.607. The molecule has 0 radical (unpaired) electrons. The van der Waals surface area contributed by atoms with Gasteiger partial charge in [-0.05, 0) is 12.8 Å². The highest BCUT2D eigenvalue weighted by Gasteiger charge is 2.57. The van der Waals surface area contributed by atoms with E-state index in [0.29, 0.717) is 18.3 Å². The molecule has 2 heterocycles. The van der Waals surface area contributed by atoms with Crippen molar-refractivity contribution >= 4 is 29.9 Å². The standard InChI is InChI=1S/C18H27F3N6O2.HI/c1-5-22-16(25-11-13-10-14(12(2)3)26-29-13)24-7-6-17(28,18(19,20)21)15-23-8-9-27(15)4;/h8-10,12,28H,5-7,11H2,1-4H3,(H2,22,24,25);1H. The van der Waals surface area contributed by atoms with Gasteiger partial charge in [-0.2, -0.15) is 13.2 Å². The molecule has 0 amide bonds. The van der Waals surface area contributed by atoms with E-state index < -0.39 is 24.0 Å². The molecule has 170 valence electrons. The lowest BCUT2D eigenvalue weighted by atomic mass is 9.97. The van der Waals surface area contributed by atoms with Crippen molar-refractivity contribution in [1.29, 1.82) is 0 Å². The summed E-state index contributed by atoms with van der Waals surface area (Å²) in [6, 6.07) is 1.79. The van der Waals surface area contributed by atoms with Crippen molar-refractivity contribution in [2.24, 2.45) is 12.0 Å². The van der Waals surface area contributed by atoms with Crippen LogP contribution in [0.1, 0.15) is 50.4 Å². The predicted molar refractivity (Wildman–Crippen MR) is 117 cm³/mol. The zero-order chi connectivity index (χ0) is 21.7. The molecular weight excluding hydrogens is 516 g/mol. The topological polar surface area (TPSA) is 100 Å². The number of nitrogens with zero attached hydrogens (tertiary/aromatic N) is 4. The molecule has 3 N–H and O–H groups in total. The van der Waals surface area contributed by atoms with Gasteiger partial charge in [-0.15, -0.1) is 24.0 Å². The lowest BCUT2D eigenvalue weighted by Gasteiger charge is -2.30. The maximum Gasteiger partial charge on any atom is 0.424 e. The number of hydrogen-bond acceptors (Lipinski definition) is 5. The Morgan fingerprint density at radius 2 is 2.03 bits per heavy atom. The average Bonchev–Trinajstić information content (AvgIpc) is 3.27. The zero-order valence-electron chi connectivity index (χ0n) is 17.3. The molecule has 1 unspecified atom stereocenters. The largest absolute Gasteiger partial charge is 0.424 e. The van der Waals surface area contributed by atoms with Crippen molar-refractivity contribution in [3.8, 4) is 0 Å². The van der Waals surface area contributed by atoms with E-state index in [1.54, 1.807) is 6.07 Å². The van der Waals surface area contributed by atoms with Crippen LogP contribution < -0.4 is 10.6 Å². The average molecular weight is 544 g/mol. The number of guanidine groups is 1. The molecule has 8 nitrogen and oxygen atoms in total. The van der Waals surface area contributed by atoms with Gasteiger partial charge in [0, 0.05) is 45.0 Å². The summed E-state index contributed by atoms with van der Waals surface area (Å²) in [5.41, 5.74) is -2.27. The number of aliphatic imine (C=N–C) groups is 1. The molecule has 0 bridgehead atoms. The second-order valence-corrected chi connectivity index (χ2v) is 6.96. The van der Waals surface area contributed by atoms with Gasteiger partial charge in [-0.1, -0.05) is 19.0 Å². The highest BCUT2D eigenvalue weighted by atomic mass is 127. The molecule has 0 aliphatic heterocycles. The van der Waals surface area contributed by atoms with E-state index in [1.165, 1.54) is 19.4 Å². The Balaban J connectivity index is 0.00000450. The van der Waals surface area contributed by atoms with Gasteiger partial charge in [0.15, 0.2) is 11.7 Å². The molecule has 0 aliphatic carbocycles. The fraction of sp³-hybridized carbons (Fsp3) is 0.611. The number of rotatable bonds is 8. The minimum atomic E-state index is -4.88. The molecule has 12 heteroatoms. The number of nitrogens with one attached hydrogen (secondary N) is 2. The second kappa shape index (κ2) is 11.0. The summed E-state index contributed by atoms with van der Waals surface area (Å²) in [6.07, 6.45) is -2.94. The Kier molecular flexibility index (Phi) is 9.59. The second-order valence-electron chi connectivity index (χ2n) is 6.96. The maximum absolute atomic E-state index is 13.6. The molecule has 2 aromatic heterocycles. The molecule has 2 rings (SSSR count). The van der Waals surface area contributed by atoms with Gasteiger partial charge in [0.05, 0.1) is 5.69 Å². The Labute approximate surface area is 190 Å². The third-order valence-electron chi connectivity index (χ3n) is 4.35. The van der Waals surface area contributed by atoms with E-state index in [2.05, 4.69) is 25.8 Å². The van der Waals surface area contributed by atoms with Crippen LogP contribution in [0, 0.1) is 0 Å². The van der Waals surface area contributed by atoms with E-state index in [1.807, 2.05) is 20.8 Å². The summed E-state index contributed by atoms with van der Waals surface area (Å²) in [7, 11) is 1.40. The Bertz CT molecular complexity index is 821. The van der Waals surface area contributed by atoms with Crippen molar-refractivity contribution in [3.63, 3.8) is 0 Å². The van der Waals surface area contributed by atoms with Crippen LogP contribution in [0.5, 0.6) is 0 Å². The summed E-state index contributed by atoms with van der Waals surface area (Å²) < 4.78 is 47.0. The van der Waals surface area contributed by atoms with Gasteiger partial charge in [-0.25, -0.2) is 9.98 Å². The molecule has 2 aromatic rings. The molecule has 0 fully saturated rings. The summed E-state index contributed by atoms with van der Waals surface area (Å²) in [4.78, 5) is 7.98. The van der Waals surface area contributed by atoms with E-state index in [0.717, 1.165) is 10.3 Å². The van der Waals surface area contributed by atoms with Gasteiger partial charge in [0.25, 0.3) is 0 Å². The van der Waals surface area contributed by atoms with Crippen LogP contribution in [0.4, 0.5) is 13.2 Å². The number of halogens is 4. The van der Waals surface area contributed by atoms with Crippen LogP contribution in [-0.4, -0.2) is 45.0 Å². The van der Waals surface area contributed by atoms with Crippen LogP contribution >= 0.6 is 24.0 Å². The van der Waals surface area contributed by atoms with Gasteiger partial charge in [-0.3, -0.25) is 0 Å². The Morgan fingerprint density at radius 1 is 1.33 bits per heavy atom. The lowest BCUT2D eigenvalue weighted by molar-refractivity contribution is -0.272. The van der Waals surface area contributed by atoms with Crippen molar-refractivity contribution in [2.45, 2.75) is 51.4 Å². The lowest BCUT2D eigenvalue weighted by Crippen LogP contribution is -2.47. The van der Waals surface area contributed by atoms with E-state index in [4.69, 9.17) is 4.52 Å². The first-order chi connectivity index (χ1) is 13.6. The molecule has 0 aromatic carbocycles. The van der Waals surface area contributed by atoms with Gasteiger partial charge in [0.1, 0.15) is 12.4 Å². The minimum Gasteiger partial charge on any atom is -0.374 e. The fourth-order valence-electron chi connectivity index (χ4n) is 2.68. The van der Waals surface area contributed by atoms with E-state index >= 15 is 0 Å². The van der Waals surface area contributed by atoms with Crippen LogP contribution in [0.2, 0.25) is 0 Å². The highest BCUT2D eigenvalue weighted by molar-refractivity contribution is 14.0. The maximum atomic E-state index is 13.6. The van der Waals surface area contributed by atoms with Crippen LogP contribution in [0.3, 0.4) is 0 Å². The third kappa shape index (κ3) is 6.33. The fourth-order valence-corrected chi connectivity index (χ4v) is 2.68. The third-order valence-corrected chi connectivity index (χ3v) is 4.35. The van der Waals surface area contributed by atoms with Gasteiger partial charge < -0.3 is 24.8 Å². The molecular formula is C18H28F3IN6O2. The first-order valence-electron chi connectivity index (χ1n) is 9.33. The normalized spacial score (nSPS) is 14.4. The SMILES string of the molecule is CCNC(=NCc1cc(C(C)C)no1)NCCC(O)(c1nccn1C)C(F)(F)F.I. The number of aliphatic hydroxyl groups is 1. The van der Waals surface area contributed by atoms with Crippen molar-refractivity contribution in [1.82, 2.24) is 25.3 Å². The summed E-state index contributed by atoms with van der Waals surface area (Å²) in [5, 5.41) is 20.1. The van der Waals surface area contributed by atoms with Crippen LogP contribution in [0.15, 0.2) is 28.0 Å². The summed E-state index contributed by atoms with van der Waals surface area (Å²) in [6.45, 7) is 6.32. The van der Waals surface area contributed by atoms with Crippen molar-refractivity contribution < 1.29 is 22.8 Å². The van der Waals surface area contributed by atoms with Gasteiger partial charge >= 0.3 is 6.18 Å².